The number of halogens is 1. The molecule has 130 valence electrons. The number of anilines is 1. The second-order valence-corrected chi connectivity index (χ2v) is 7.76. The van der Waals surface area contributed by atoms with Crippen LogP contribution in [0.2, 0.25) is 5.02 Å². The SMILES string of the molecule is Clc1ccc(NC/C=C/c2ccc3c(c2)OCO3)cc1SCC1CC1. The third-order valence-corrected chi connectivity index (χ3v) is 5.96. The summed E-state index contributed by atoms with van der Waals surface area (Å²) in [5.41, 5.74) is 2.20. The summed E-state index contributed by atoms with van der Waals surface area (Å²) >= 11 is 8.17. The zero-order valence-electron chi connectivity index (χ0n) is 13.8. The molecule has 1 aliphatic heterocycles. The molecule has 0 spiro atoms. The van der Waals surface area contributed by atoms with Gasteiger partial charge in [-0.1, -0.05) is 29.8 Å². The molecule has 1 fully saturated rings. The van der Waals surface area contributed by atoms with E-state index < -0.39 is 0 Å². The van der Waals surface area contributed by atoms with Crippen LogP contribution >= 0.6 is 23.4 Å². The Hall–Kier alpha value is -1.78. The van der Waals surface area contributed by atoms with Crippen molar-refractivity contribution < 1.29 is 9.47 Å². The maximum Gasteiger partial charge on any atom is 0.231 e. The molecule has 5 heteroatoms. The lowest BCUT2D eigenvalue weighted by molar-refractivity contribution is 0.174. The highest BCUT2D eigenvalue weighted by Crippen LogP contribution is 2.38. The smallest absolute Gasteiger partial charge is 0.231 e. The second kappa shape index (κ2) is 7.63. The van der Waals surface area contributed by atoms with Gasteiger partial charge in [0.15, 0.2) is 11.5 Å². The number of benzene rings is 2. The summed E-state index contributed by atoms with van der Waals surface area (Å²) in [4.78, 5) is 1.17. The van der Waals surface area contributed by atoms with Crippen molar-refractivity contribution in [3.63, 3.8) is 0 Å². The first kappa shape index (κ1) is 16.7. The monoisotopic (exact) mass is 373 g/mol. The van der Waals surface area contributed by atoms with E-state index in [-0.39, 0.29) is 0 Å². The number of ether oxygens (including phenoxy) is 2. The molecule has 1 heterocycles. The molecule has 0 bridgehead atoms. The quantitative estimate of drug-likeness (QED) is 0.631. The molecule has 0 amide bonds. The van der Waals surface area contributed by atoms with Crippen LogP contribution in [-0.2, 0) is 0 Å². The second-order valence-electron chi connectivity index (χ2n) is 6.30. The van der Waals surface area contributed by atoms with Gasteiger partial charge in [-0.2, -0.15) is 0 Å². The van der Waals surface area contributed by atoms with Crippen molar-refractivity contribution in [1.82, 2.24) is 0 Å². The third kappa shape index (κ3) is 4.44. The third-order valence-electron chi connectivity index (χ3n) is 4.23. The zero-order chi connectivity index (χ0) is 17.1. The average molecular weight is 374 g/mol. The first-order valence-electron chi connectivity index (χ1n) is 8.50. The number of fused-ring (bicyclic) bond motifs is 1. The molecule has 1 aliphatic carbocycles. The van der Waals surface area contributed by atoms with Gasteiger partial charge in [-0.3, -0.25) is 0 Å². The standard InChI is InChI=1S/C20H20ClNO2S/c21-17-7-6-16(11-20(17)25-12-15-3-4-15)22-9-1-2-14-5-8-18-19(10-14)24-13-23-18/h1-2,5-8,10-11,15,22H,3-4,9,12-13H2/b2-1+. The van der Waals surface area contributed by atoms with Gasteiger partial charge in [0.05, 0.1) is 5.02 Å². The number of hydrogen-bond acceptors (Lipinski definition) is 4. The van der Waals surface area contributed by atoms with Gasteiger partial charge in [0, 0.05) is 22.9 Å². The van der Waals surface area contributed by atoms with Crippen molar-refractivity contribution in [2.24, 2.45) is 5.92 Å². The van der Waals surface area contributed by atoms with E-state index in [1.165, 1.54) is 23.5 Å². The Kier molecular flexibility index (Phi) is 5.09. The average Bonchev–Trinajstić information content (AvgIpc) is 3.34. The lowest BCUT2D eigenvalue weighted by Gasteiger charge is -2.08. The van der Waals surface area contributed by atoms with Crippen LogP contribution in [-0.4, -0.2) is 19.1 Å². The lowest BCUT2D eigenvalue weighted by atomic mass is 10.2. The van der Waals surface area contributed by atoms with E-state index in [2.05, 4.69) is 23.5 Å². The Morgan fingerprint density at radius 3 is 2.88 bits per heavy atom. The predicted octanol–water partition coefficient (Wildman–Crippen LogP) is 5.70. The Bertz CT molecular complexity index is 789. The Labute approximate surface area is 157 Å². The van der Waals surface area contributed by atoms with E-state index in [0.717, 1.165) is 40.2 Å². The highest BCUT2D eigenvalue weighted by molar-refractivity contribution is 7.99. The number of nitrogens with one attached hydrogen (secondary N) is 1. The fourth-order valence-electron chi connectivity index (χ4n) is 2.60. The van der Waals surface area contributed by atoms with Crippen LogP contribution in [0.5, 0.6) is 11.5 Å². The molecule has 0 aromatic heterocycles. The van der Waals surface area contributed by atoms with Crippen LogP contribution in [0.4, 0.5) is 5.69 Å². The van der Waals surface area contributed by atoms with E-state index in [1.807, 2.05) is 42.1 Å². The van der Waals surface area contributed by atoms with Crippen LogP contribution in [0.3, 0.4) is 0 Å². The van der Waals surface area contributed by atoms with Gasteiger partial charge >= 0.3 is 0 Å². The normalized spacial score (nSPS) is 15.7. The summed E-state index contributed by atoms with van der Waals surface area (Å²) in [6, 6.07) is 12.1. The van der Waals surface area contributed by atoms with Gasteiger partial charge in [0.25, 0.3) is 0 Å². The molecule has 2 aromatic carbocycles. The topological polar surface area (TPSA) is 30.5 Å². The van der Waals surface area contributed by atoms with Gasteiger partial charge in [-0.05, 0) is 54.7 Å². The Morgan fingerprint density at radius 2 is 2.00 bits per heavy atom. The largest absolute Gasteiger partial charge is 0.454 e. The van der Waals surface area contributed by atoms with Crippen molar-refractivity contribution in [1.29, 1.82) is 0 Å². The van der Waals surface area contributed by atoms with Gasteiger partial charge in [-0.15, -0.1) is 11.8 Å². The van der Waals surface area contributed by atoms with Crippen LogP contribution in [0.15, 0.2) is 47.4 Å². The highest BCUT2D eigenvalue weighted by atomic mass is 35.5. The van der Waals surface area contributed by atoms with Crippen LogP contribution in [0.25, 0.3) is 6.08 Å². The van der Waals surface area contributed by atoms with E-state index in [4.69, 9.17) is 21.1 Å². The van der Waals surface area contributed by atoms with Gasteiger partial charge in [0.2, 0.25) is 6.79 Å². The highest BCUT2D eigenvalue weighted by Gasteiger charge is 2.21. The summed E-state index contributed by atoms with van der Waals surface area (Å²) < 4.78 is 10.7. The molecular weight excluding hydrogens is 354 g/mol. The van der Waals surface area contributed by atoms with Gasteiger partial charge in [-0.25, -0.2) is 0 Å². The van der Waals surface area contributed by atoms with Crippen LogP contribution in [0.1, 0.15) is 18.4 Å². The van der Waals surface area contributed by atoms with Crippen molar-refractivity contribution in [3.8, 4) is 11.5 Å². The first-order chi connectivity index (χ1) is 12.3. The van der Waals surface area contributed by atoms with E-state index in [0.29, 0.717) is 6.79 Å². The number of thioether (sulfide) groups is 1. The molecule has 0 atom stereocenters. The number of rotatable bonds is 7. The summed E-state index contributed by atoms with van der Waals surface area (Å²) in [5, 5.41) is 4.26. The van der Waals surface area contributed by atoms with Crippen molar-refractivity contribution in [2.45, 2.75) is 17.7 Å². The maximum absolute atomic E-state index is 6.30. The lowest BCUT2D eigenvalue weighted by Crippen LogP contribution is -1.98. The molecule has 0 saturated heterocycles. The van der Waals surface area contributed by atoms with E-state index in [1.54, 1.807) is 0 Å². The van der Waals surface area contributed by atoms with Crippen molar-refractivity contribution >= 4 is 35.1 Å². The molecule has 2 aliphatic rings. The Balaban J connectivity index is 1.32. The minimum Gasteiger partial charge on any atom is -0.454 e. The molecule has 2 aromatic rings. The van der Waals surface area contributed by atoms with E-state index >= 15 is 0 Å². The minimum absolute atomic E-state index is 0.307. The zero-order valence-corrected chi connectivity index (χ0v) is 15.4. The first-order valence-corrected chi connectivity index (χ1v) is 9.87. The summed E-state index contributed by atoms with van der Waals surface area (Å²) in [5.74, 6) is 3.69. The predicted molar refractivity (Wildman–Crippen MR) is 105 cm³/mol. The minimum atomic E-state index is 0.307. The summed E-state index contributed by atoms with van der Waals surface area (Å²) in [7, 11) is 0. The van der Waals surface area contributed by atoms with Crippen LogP contribution in [0, 0.1) is 5.92 Å². The molecule has 0 radical (unpaired) electrons. The molecule has 4 rings (SSSR count). The molecule has 1 N–H and O–H groups in total. The molecule has 3 nitrogen and oxygen atoms in total. The van der Waals surface area contributed by atoms with Gasteiger partial charge < -0.3 is 14.8 Å². The molecular formula is C20H20ClNO2S. The molecule has 25 heavy (non-hydrogen) atoms. The van der Waals surface area contributed by atoms with Crippen molar-refractivity contribution in [3.05, 3.63) is 53.1 Å². The van der Waals surface area contributed by atoms with Crippen LogP contribution < -0.4 is 14.8 Å². The fourth-order valence-corrected chi connectivity index (χ4v) is 4.05. The molecule has 1 saturated carbocycles. The Morgan fingerprint density at radius 1 is 1.12 bits per heavy atom. The number of hydrogen-bond donors (Lipinski definition) is 1. The maximum atomic E-state index is 6.30. The summed E-state index contributed by atoms with van der Waals surface area (Å²) in [6.07, 6.45) is 6.91. The molecule has 0 unspecified atom stereocenters. The van der Waals surface area contributed by atoms with E-state index in [9.17, 15) is 0 Å². The fraction of sp³-hybridized carbons (Fsp3) is 0.300. The summed E-state index contributed by atoms with van der Waals surface area (Å²) in [6.45, 7) is 1.06. The van der Waals surface area contributed by atoms with Crippen molar-refractivity contribution in [2.75, 3.05) is 24.4 Å². The van der Waals surface area contributed by atoms with Gasteiger partial charge in [0.1, 0.15) is 0 Å².